The zero-order valence-electron chi connectivity index (χ0n) is 6.85. The Morgan fingerprint density at radius 1 is 1.50 bits per heavy atom. The Labute approximate surface area is 87.3 Å². The van der Waals surface area contributed by atoms with Crippen LogP contribution in [-0.4, -0.2) is 11.1 Å². The maximum absolute atomic E-state index is 13.3. The van der Waals surface area contributed by atoms with Gasteiger partial charge in [-0.1, -0.05) is 15.9 Å². The Kier molecular flexibility index (Phi) is 3.31. The molecule has 0 fully saturated rings. The van der Waals surface area contributed by atoms with Gasteiger partial charge in [0.2, 0.25) is 0 Å². The van der Waals surface area contributed by atoms with Gasteiger partial charge in [-0.05, 0) is 12.1 Å². The summed E-state index contributed by atoms with van der Waals surface area (Å²) in [4.78, 5) is 11.1. The van der Waals surface area contributed by atoms with Crippen molar-refractivity contribution in [1.82, 2.24) is 0 Å². The normalized spacial score (nSPS) is 9.57. The molecule has 5 heteroatoms. The van der Waals surface area contributed by atoms with E-state index >= 15 is 0 Å². The summed E-state index contributed by atoms with van der Waals surface area (Å²) >= 11 is 2.86. The molecule has 0 atom stereocenters. The summed E-state index contributed by atoms with van der Waals surface area (Å²) < 4.78 is 26.1. The molecule has 0 saturated carbocycles. The van der Waals surface area contributed by atoms with E-state index in [4.69, 9.17) is 5.26 Å². The summed E-state index contributed by atoms with van der Waals surface area (Å²) in [5.41, 5.74) is -1.00. The first-order chi connectivity index (χ1) is 6.61. The van der Waals surface area contributed by atoms with Crippen molar-refractivity contribution in [3.05, 3.63) is 34.9 Å². The molecule has 0 aliphatic carbocycles. The van der Waals surface area contributed by atoms with Crippen LogP contribution in [0.5, 0.6) is 0 Å². The van der Waals surface area contributed by atoms with Gasteiger partial charge in [0.25, 0.3) is 0 Å². The number of carbonyl (C=O) groups excluding carboxylic acids is 1. The number of benzene rings is 1. The van der Waals surface area contributed by atoms with Gasteiger partial charge in [-0.2, -0.15) is 5.26 Å². The molecule has 0 amide bonds. The predicted molar refractivity (Wildman–Crippen MR) is 49.2 cm³/mol. The number of halogens is 3. The van der Waals surface area contributed by atoms with Crippen LogP contribution in [0.1, 0.15) is 15.9 Å². The van der Waals surface area contributed by atoms with Gasteiger partial charge in [0.1, 0.15) is 17.4 Å². The van der Waals surface area contributed by atoms with Gasteiger partial charge in [0.15, 0.2) is 11.6 Å². The van der Waals surface area contributed by atoms with Crippen LogP contribution in [-0.2, 0) is 0 Å². The standard InChI is InChI=1S/C9H4BrF2NO/c10-3-8(14)5-1-2-7(11)6(4-13)9(5)12/h1-2H,3H2. The Hall–Kier alpha value is -1.28. The van der Waals surface area contributed by atoms with Crippen LogP contribution in [0.3, 0.4) is 0 Å². The number of hydrogen-bond acceptors (Lipinski definition) is 2. The minimum Gasteiger partial charge on any atom is -0.293 e. The number of nitrogens with zero attached hydrogens (tertiary/aromatic N) is 1. The summed E-state index contributed by atoms with van der Waals surface area (Å²) in [5.74, 6) is -2.59. The van der Waals surface area contributed by atoms with E-state index in [2.05, 4.69) is 15.9 Å². The summed E-state index contributed by atoms with van der Waals surface area (Å²) in [5, 5.41) is 8.36. The van der Waals surface area contributed by atoms with Crippen molar-refractivity contribution in [3.8, 4) is 6.07 Å². The fourth-order valence-corrected chi connectivity index (χ4v) is 1.24. The average molecular weight is 260 g/mol. The molecule has 0 spiro atoms. The largest absolute Gasteiger partial charge is 0.293 e. The fourth-order valence-electron chi connectivity index (χ4n) is 0.942. The second kappa shape index (κ2) is 4.29. The number of rotatable bonds is 2. The zero-order valence-corrected chi connectivity index (χ0v) is 8.44. The first-order valence-electron chi connectivity index (χ1n) is 3.59. The van der Waals surface area contributed by atoms with E-state index in [1.807, 2.05) is 0 Å². The number of Topliss-reactive ketones (excluding diaryl/α,β-unsaturated/α-hetero) is 1. The SMILES string of the molecule is N#Cc1c(F)ccc(C(=O)CBr)c1F. The Morgan fingerprint density at radius 3 is 2.64 bits per heavy atom. The van der Waals surface area contributed by atoms with Crippen LogP contribution in [0.4, 0.5) is 8.78 Å². The van der Waals surface area contributed by atoms with Crippen molar-refractivity contribution < 1.29 is 13.6 Å². The summed E-state index contributed by atoms with van der Waals surface area (Å²) in [6, 6.07) is 3.29. The van der Waals surface area contributed by atoms with E-state index in [-0.39, 0.29) is 10.9 Å². The van der Waals surface area contributed by atoms with Crippen LogP contribution in [0.25, 0.3) is 0 Å². The molecular weight excluding hydrogens is 256 g/mol. The van der Waals surface area contributed by atoms with Gasteiger partial charge >= 0.3 is 0 Å². The lowest BCUT2D eigenvalue weighted by atomic mass is 10.1. The van der Waals surface area contributed by atoms with E-state index in [9.17, 15) is 13.6 Å². The first kappa shape index (κ1) is 10.8. The van der Waals surface area contributed by atoms with Gasteiger partial charge < -0.3 is 0 Å². The molecule has 0 saturated heterocycles. The molecule has 0 aromatic heterocycles. The van der Waals surface area contributed by atoms with Crippen molar-refractivity contribution in [3.63, 3.8) is 0 Å². The second-order valence-corrected chi connectivity index (χ2v) is 3.01. The molecule has 0 aliphatic heterocycles. The Morgan fingerprint density at radius 2 is 2.14 bits per heavy atom. The molecule has 0 radical (unpaired) electrons. The quantitative estimate of drug-likeness (QED) is 0.605. The molecule has 0 unspecified atom stereocenters. The van der Waals surface area contributed by atoms with E-state index in [0.29, 0.717) is 0 Å². The Balaban J connectivity index is 3.37. The smallest absolute Gasteiger partial charge is 0.176 e. The molecular formula is C9H4BrF2NO. The van der Waals surface area contributed by atoms with Gasteiger partial charge in [-0.3, -0.25) is 4.79 Å². The highest BCUT2D eigenvalue weighted by Crippen LogP contribution is 2.16. The first-order valence-corrected chi connectivity index (χ1v) is 4.71. The predicted octanol–water partition coefficient (Wildman–Crippen LogP) is 2.41. The third-order valence-electron chi connectivity index (χ3n) is 1.62. The van der Waals surface area contributed by atoms with Gasteiger partial charge in [-0.15, -0.1) is 0 Å². The lowest BCUT2D eigenvalue weighted by Crippen LogP contribution is -2.06. The molecule has 0 bridgehead atoms. The third kappa shape index (κ3) is 1.80. The van der Waals surface area contributed by atoms with E-state index < -0.39 is 23.0 Å². The van der Waals surface area contributed by atoms with Gasteiger partial charge in [-0.25, -0.2) is 8.78 Å². The van der Waals surface area contributed by atoms with Crippen LogP contribution in [0, 0.1) is 23.0 Å². The monoisotopic (exact) mass is 259 g/mol. The van der Waals surface area contributed by atoms with Crippen LogP contribution >= 0.6 is 15.9 Å². The van der Waals surface area contributed by atoms with Crippen molar-refractivity contribution >= 4 is 21.7 Å². The molecule has 2 nitrogen and oxygen atoms in total. The summed E-state index contributed by atoms with van der Waals surface area (Å²) in [6.45, 7) is 0. The van der Waals surface area contributed by atoms with Gasteiger partial charge in [0.05, 0.1) is 10.9 Å². The highest BCUT2D eigenvalue weighted by atomic mass is 79.9. The van der Waals surface area contributed by atoms with Crippen LogP contribution < -0.4 is 0 Å². The molecule has 1 aromatic carbocycles. The molecule has 0 aliphatic rings. The summed E-state index contributed by atoms with van der Waals surface area (Å²) in [7, 11) is 0. The molecule has 14 heavy (non-hydrogen) atoms. The number of hydrogen-bond donors (Lipinski definition) is 0. The van der Waals surface area contributed by atoms with Crippen molar-refractivity contribution in [2.75, 3.05) is 5.33 Å². The minimum atomic E-state index is -1.10. The second-order valence-electron chi connectivity index (χ2n) is 2.45. The number of ketones is 1. The summed E-state index contributed by atoms with van der Waals surface area (Å²) in [6.07, 6.45) is 0. The Bertz CT molecular complexity index is 426. The minimum absolute atomic E-state index is 0.0690. The maximum Gasteiger partial charge on any atom is 0.176 e. The maximum atomic E-state index is 13.3. The third-order valence-corrected chi connectivity index (χ3v) is 2.13. The van der Waals surface area contributed by atoms with E-state index in [1.165, 1.54) is 6.07 Å². The highest BCUT2D eigenvalue weighted by Gasteiger charge is 2.17. The molecule has 72 valence electrons. The van der Waals surface area contributed by atoms with Crippen molar-refractivity contribution in [1.29, 1.82) is 5.26 Å². The molecule has 1 rings (SSSR count). The fraction of sp³-hybridized carbons (Fsp3) is 0.111. The van der Waals surface area contributed by atoms with E-state index in [0.717, 1.165) is 12.1 Å². The van der Waals surface area contributed by atoms with Crippen molar-refractivity contribution in [2.45, 2.75) is 0 Å². The average Bonchev–Trinajstić information content (AvgIpc) is 2.18. The number of nitriles is 1. The molecule has 0 N–H and O–H groups in total. The molecule has 0 heterocycles. The van der Waals surface area contributed by atoms with Crippen molar-refractivity contribution in [2.24, 2.45) is 0 Å². The van der Waals surface area contributed by atoms with E-state index in [1.54, 1.807) is 0 Å². The van der Waals surface area contributed by atoms with Gasteiger partial charge in [0, 0.05) is 0 Å². The number of alkyl halides is 1. The van der Waals surface area contributed by atoms with Crippen LogP contribution in [0.2, 0.25) is 0 Å². The highest BCUT2D eigenvalue weighted by molar-refractivity contribution is 9.09. The molecule has 1 aromatic rings. The topological polar surface area (TPSA) is 40.9 Å². The zero-order chi connectivity index (χ0) is 10.7. The number of carbonyl (C=O) groups is 1. The van der Waals surface area contributed by atoms with Crippen LogP contribution in [0.15, 0.2) is 12.1 Å². The lowest BCUT2D eigenvalue weighted by molar-refractivity contribution is 0.102. The lowest BCUT2D eigenvalue weighted by Gasteiger charge is -2.01.